The third-order valence-corrected chi connectivity index (χ3v) is 5.98. The second kappa shape index (κ2) is 6.55. The zero-order chi connectivity index (χ0) is 14.8. The Morgan fingerprint density at radius 3 is 2.55 bits per heavy atom. The van der Waals surface area contributed by atoms with Crippen molar-refractivity contribution in [1.29, 1.82) is 0 Å². The lowest BCUT2D eigenvalue weighted by Crippen LogP contribution is -2.41. The third-order valence-electron chi connectivity index (χ3n) is 3.49. The summed E-state index contributed by atoms with van der Waals surface area (Å²) in [6.45, 7) is 5.11. The first kappa shape index (κ1) is 15.9. The lowest BCUT2D eigenvalue weighted by Gasteiger charge is -2.31. The average molecular weight is 366 g/mol. The van der Waals surface area contributed by atoms with Gasteiger partial charge in [-0.1, -0.05) is 15.9 Å². The molecular weight excluding hydrogens is 346 g/mol. The molecule has 0 bridgehead atoms. The van der Waals surface area contributed by atoms with Crippen molar-refractivity contribution in [3.8, 4) is 0 Å². The number of rotatable bonds is 5. The summed E-state index contributed by atoms with van der Waals surface area (Å²) in [4.78, 5) is 0.317. The molecule has 2 heterocycles. The summed E-state index contributed by atoms with van der Waals surface area (Å²) in [5.41, 5.74) is 1.13. The molecule has 114 valence electrons. The van der Waals surface area contributed by atoms with Crippen LogP contribution >= 0.6 is 15.9 Å². The van der Waals surface area contributed by atoms with E-state index in [0.29, 0.717) is 36.0 Å². The fourth-order valence-corrected chi connectivity index (χ4v) is 4.49. The summed E-state index contributed by atoms with van der Waals surface area (Å²) in [6, 6.07) is 0. The van der Waals surface area contributed by atoms with E-state index in [1.807, 2.05) is 0 Å². The second-order valence-corrected chi connectivity index (χ2v) is 7.59. The van der Waals surface area contributed by atoms with Crippen LogP contribution in [-0.2, 0) is 14.8 Å². The number of hydrogen-bond donors (Lipinski definition) is 1. The molecule has 1 aliphatic rings. The fourth-order valence-electron chi connectivity index (χ4n) is 2.50. The fraction of sp³-hybridized carbons (Fsp3) is 0.750. The minimum atomic E-state index is -3.45. The predicted octanol–water partition coefficient (Wildman–Crippen LogP) is 1.59. The maximum Gasteiger partial charge on any atom is 0.246 e. The molecule has 0 radical (unpaired) electrons. The molecule has 0 unspecified atom stereocenters. The van der Waals surface area contributed by atoms with E-state index in [0.717, 1.165) is 18.2 Å². The molecule has 2 rings (SSSR count). The molecule has 1 fully saturated rings. The van der Waals surface area contributed by atoms with Crippen LogP contribution in [0.5, 0.6) is 0 Å². The van der Waals surface area contributed by atoms with E-state index in [-0.39, 0.29) is 6.10 Å². The van der Waals surface area contributed by atoms with Gasteiger partial charge in [0.1, 0.15) is 4.90 Å². The van der Waals surface area contributed by atoms with Crippen LogP contribution in [0.3, 0.4) is 0 Å². The number of nitrogens with one attached hydrogen (secondary N) is 1. The van der Waals surface area contributed by atoms with E-state index < -0.39 is 10.0 Å². The highest BCUT2D eigenvalue weighted by molar-refractivity contribution is 9.09. The minimum Gasteiger partial charge on any atom is -0.377 e. The molecule has 1 aliphatic heterocycles. The number of ether oxygens (including phenoxy) is 1. The summed E-state index contributed by atoms with van der Waals surface area (Å²) >= 11 is 3.32. The molecule has 0 aromatic carbocycles. The van der Waals surface area contributed by atoms with Gasteiger partial charge in [0.2, 0.25) is 10.0 Å². The zero-order valence-electron chi connectivity index (χ0n) is 11.7. The van der Waals surface area contributed by atoms with E-state index in [9.17, 15) is 8.42 Å². The van der Waals surface area contributed by atoms with E-state index in [2.05, 4.69) is 26.1 Å². The van der Waals surface area contributed by atoms with Crippen molar-refractivity contribution in [3.05, 3.63) is 11.4 Å². The van der Waals surface area contributed by atoms with Crippen molar-refractivity contribution in [2.75, 3.05) is 25.0 Å². The minimum absolute atomic E-state index is 0.158. The number of aromatic amines is 1. The summed E-state index contributed by atoms with van der Waals surface area (Å²) in [5, 5.41) is 7.51. The number of sulfonamides is 1. The SMILES string of the molecule is Cc1n[nH]c(C)c1S(=O)(=O)N1CCC(OCCBr)CC1. The van der Waals surface area contributed by atoms with E-state index in [1.54, 1.807) is 13.8 Å². The highest BCUT2D eigenvalue weighted by Crippen LogP contribution is 2.25. The van der Waals surface area contributed by atoms with Crippen LogP contribution in [0.4, 0.5) is 0 Å². The van der Waals surface area contributed by atoms with Gasteiger partial charge in [-0.2, -0.15) is 9.40 Å². The van der Waals surface area contributed by atoms with Crippen molar-refractivity contribution in [3.63, 3.8) is 0 Å². The van der Waals surface area contributed by atoms with Gasteiger partial charge in [-0.25, -0.2) is 8.42 Å². The molecule has 0 spiro atoms. The van der Waals surface area contributed by atoms with Crippen molar-refractivity contribution < 1.29 is 13.2 Å². The summed E-state index contributed by atoms with van der Waals surface area (Å²) in [7, 11) is -3.45. The number of aryl methyl sites for hydroxylation is 2. The van der Waals surface area contributed by atoms with Crippen LogP contribution < -0.4 is 0 Å². The Balaban J connectivity index is 2.06. The van der Waals surface area contributed by atoms with E-state index >= 15 is 0 Å². The maximum absolute atomic E-state index is 12.6. The Hall–Kier alpha value is -0.440. The lowest BCUT2D eigenvalue weighted by molar-refractivity contribution is 0.0309. The van der Waals surface area contributed by atoms with E-state index in [4.69, 9.17) is 4.74 Å². The number of hydrogen-bond acceptors (Lipinski definition) is 4. The molecule has 1 saturated heterocycles. The standard InChI is InChI=1S/C12H20BrN3O3S/c1-9-12(10(2)15-14-9)20(17,18)16-6-3-11(4-7-16)19-8-5-13/h11H,3-8H2,1-2H3,(H,14,15). The van der Waals surface area contributed by atoms with E-state index in [1.165, 1.54) is 4.31 Å². The molecular formula is C12H20BrN3O3S. The van der Waals surface area contributed by atoms with Crippen molar-refractivity contribution in [2.24, 2.45) is 0 Å². The Bertz CT molecular complexity index is 531. The Morgan fingerprint density at radius 1 is 1.40 bits per heavy atom. The molecule has 1 N–H and O–H groups in total. The van der Waals surface area contributed by atoms with Gasteiger partial charge in [-0.05, 0) is 26.7 Å². The van der Waals surface area contributed by atoms with Gasteiger partial charge in [-0.3, -0.25) is 5.10 Å². The number of aromatic nitrogens is 2. The second-order valence-electron chi connectivity index (χ2n) is 4.93. The van der Waals surface area contributed by atoms with Crippen molar-refractivity contribution in [1.82, 2.24) is 14.5 Å². The average Bonchev–Trinajstić information content (AvgIpc) is 2.77. The van der Waals surface area contributed by atoms with Gasteiger partial charge in [-0.15, -0.1) is 0 Å². The highest BCUT2D eigenvalue weighted by Gasteiger charge is 2.32. The molecule has 1 aromatic rings. The quantitative estimate of drug-likeness (QED) is 0.803. The Kier molecular flexibility index (Phi) is 5.22. The Morgan fingerprint density at radius 2 is 2.05 bits per heavy atom. The molecule has 1 aromatic heterocycles. The molecule has 0 atom stereocenters. The number of H-pyrrole nitrogens is 1. The topological polar surface area (TPSA) is 75.3 Å². The molecule has 0 aliphatic carbocycles. The van der Waals surface area contributed by atoms with Gasteiger partial charge in [0, 0.05) is 18.4 Å². The summed E-state index contributed by atoms with van der Waals surface area (Å²) < 4.78 is 32.4. The van der Waals surface area contributed by atoms with Crippen LogP contribution in [-0.4, -0.2) is 54.1 Å². The van der Waals surface area contributed by atoms with Crippen molar-refractivity contribution >= 4 is 26.0 Å². The first-order chi connectivity index (χ1) is 9.46. The highest BCUT2D eigenvalue weighted by atomic mass is 79.9. The van der Waals surface area contributed by atoms with Crippen LogP contribution in [0.2, 0.25) is 0 Å². The van der Waals surface area contributed by atoms with Gasteiger partial charge < -0.3 is 4.74 Å². The van der Waals surface area contributed by atoms with Crippen LogP contribution in [0, 0.1) is 13.8 Å². The normalized spacial score (nSPS) is 18.6. The number of halogens is 1. The monoisotopic (exact) mass is 365 g/mol. The maximum atomic E-state index is 12.6. The van der Waals surface area contributed by atoms with Gasteiger partial charge >= 0.3 is 0 Å². The van der Waals surface area contributed by atoms with Gasteiger partial charge in [0.05, 0.1) is 24.1 Å². The van der Waals surface area contributed by atoms with Crippen LogP contribution in [0.15, 0.2) is 4.90 Å². The number of alkyl halides is 1. The number of nitrogens with zero attached hydrogens (tertiary/aromatic N) is 2. The van der Waals surface area contributed by atoms with Gasteiger partial charge in [0.15, 0.2) is 0 Å². The molecule has 6 nitrogen and oxygen atoms in total. The van der Waals surface area contributed by atoms with Crippen LogP contribution in [0.25, 0.3) is 0 Å². The Labute approximate surface area is 128 Å². The molecule has 20 heavy (non-hydrogen) atoms. The summed E-state index contributed by atoms with van der Waals surface area (Å²) in [5.74, 6) is 0. The van der Waals surface area contributed by atoms with Gasteiger partial charge in [0.25, 0.3) is 0 Å². The summed E-state index contributed by atoms with van der Waals surface area (Å²) in [6.07, 6.45) is 1.63. The molecule has 8 heteroatoms. The smallest absolute Gasteiger partial charge is 0.246 e. The largest absolute Gasteiger partial charge is 0.377 e. The zero-order valence-corrected chi connectivity index (χ0v) is 14.1. The number of piperidine rings is 1. The first-order valence-corrected chi connectivity index (χ1v) is 9.22. The van der Waals surface area contributed by atoms with Crippen LogP contribution in [0.1, 0.15) is 24.2 Å². The first-order valence-electron chi connectivity index (χ1n) is 6.66. The van der Waals surface area contributed by atoms with Crippen molar-refractivity contribution in [2.45, 2.75) is 37.7 Å². The third kappa shape index (κ3) is 3.24. The molecule has 0 amide bonds. The lowest BCUT2D eigenvalue weighted by atomic mass is 10.1. The predicted molar refractivity (Wildman–Crippen MR) is 79.6 cm³/mol. The molecule has 0 saturated carbocycles.